The third-order valence-electron chi connectivity index (χ3n) is 4.34. The predicted octanol–water partition coefficient (Wildman–Crippen LogP) is 1.46. The maximum Gasteiger partial charge on any atom is 0.335 e. The zero-order valence-electron chi connectivity index (χ0n) is 15.2. The van der Waals surface area contributed by atoms with E-state index in [2.05, 4.69) is 60.0 Å². The topological polar surface area (TPSA) is 41.2 Å². The summed E-state index contributed by atoms with van der Waals surface area (Å²) in [6, 6.07) is 19.7. The molecule has 1 N–H and O–H groups in total. The molecule has 138 valence electrons. The summed E-state index contributed by atoms with van der Waals surface area (Å²) < 4.78 is 2.07. The number of benzene rings is 2. The highest BCUT2D eigenvalue weighted by molar-refractivity contribution is 5.87. The third-order valence-corrected chi connectivity index (χ3v) is 4.34. The summed E-state index contributed by atoms with van der Waals surface area (Å²) in [5.41, 5.74) is 5.06. The van der Waals surface area contributed by atoms with E-state index in [4.69, 9.17) is 5.11 Å². The molecule has 0 saturated heterocycles. The van der Waals surface area contributed by atoms with E-state index in [-0.39, 0.29) is 12.4 Å². The Balaban J connectivity index is 0.00000261. The van der Waals surface area contributed by atoms with Crippen molar-refractivity contribution < 1.29 is 26.9 Å². The highest BCUT2D eigenvalue weighted by Gasteiger charge is 2.05. The van der Waals surface area contributed by atoms with Gasteiger partial charge in [0.05, 0.1) is 5.56 Å². The lowest BCUT2D eigenvalue weighted by atomic mass is 10.1. The van der Waals surface area contributed by atoms with Crippen molar-refractivity contribution in [1.82, 2.24) is 0 Å². The molecule has 0 bridgehead atoms. The van der Waals surface area contributed by atoms with Gasteiger partial charge in [0.2, 0.25) is 0 Å². The number of rotatable bonds is 6. The van der Waals surface area contributed by atoms with E-state index < -0.39 is 5.97 Å². The number of halogens is 1. The van der Waals surface area contributed by atoms with Gasteiger partial charge in [-0.15, -0.1) is 0 Å². The van der Waals surface area contributed by atoms with E-state index in [1.807, 2.05) is 24.5 Å². The van der Waals surface area contributed by atoms with Gasteiger partial charge in [0.1, 0.15) is 0 Å². The van der Waals surface area contributed by atoms with Gasteiger partial charge < -0.3 is 17.5 Å². The van der Waals surface area contributed by atoms with E-state index in [1.165, 1.54) is 11.1 Å². The number of carbonyl (C=O) groups is 1. The van der Waals surface area contributed by atoms with Crippen LogP contribution in [0.2, 0.25) is 0 Å². The average molecular weight is 380 g/mol. The molecule has 0 fully saturated rings. The van der Waals surface area contributed by atoms with Gasteiger partial charge in [0, 0.05) is 17.7 Å². The van der Waals surface area contributed by atoms with Crippen LogP contribution in [-0.4, -0.2) is 11.1 Å². The van der Waals surface area contributed by atoms with E-state index >= 15 is 0 Å². The van der Waals surface area contributed by atoms with Gasteiger partial charge in [-0.2, -0.15) is 0 Å². The molecule has 0 aliphatic heterocycles. The molecular weight excluding hydrogens is 358 g/mol. The summed E-state index contributed by atoms with van der Waals surface area (Å²) in [6.45, 7) is 2.87. The first kappa shape index (κ1) is 20.4. The zero-order valence-corrected chi connectivity index (χ0v) is 15.9. The second-order valence-corrected chi connectivity index (χ2v) is 6.23. The minimum Gasteiger partial charge on any atom is -1.00 e. The fourth-order valence-electron chi connectivity index (χ4n) is 2.71. The van der Waals surface area contributed by atoms with Gasteiger partial charge in [0.15, 0.2) is 18.9 Å². The van der Waals surface area contributed by atoms with Crippen LogP contribution in [0.4, 0.5) is 0 Å². The Morgan fingerprint density at radius 3 is 1.89 bits per heavy atom. The molecule has 0 aliphatic carbocycles. The lowest BCUT2D eigenvalue weighted by Crippen LogP contribution is -3.00. The van der Waals surface area contributed by atoms with Gasteiger partial charge in [-0.25, -0.2) is 9.36 Å². The number of aryl methyl sites for hydroxylation is 1. The molecule has 3 nitrogen and oxygen atoms in total. The normalized spacial score (nSPS) is 10.6. The first-order valence-corrected chi connectivity index (χ1v) is 8.72. The highest BCUT2D eigenvalue weighted by atomic mass is 35.5. The summed E-state index contributed by atoms with van der Waals surface area (Å²) >= 11 is 0. The van der Waals surface area contributed by atoms with Crippen molar-refractivity contribution in [3.8, 4) is 0 Å². The second kappa shape index (κ2) is 9.70. The Labute approximate surface area is 166 Å². The van der Waals surface area contributed by atoms with Crippen LogP contribution >= 0.6 is 0 Å². The molecule has 3 aromatic rings. The molecule has 0 aliphatic rings. The van der Waals surface area contributed by atoms with Crippen molar-refractivity contribution >= 4 is 18.1 Å². The van der Waals surface area contributed by atoms with E-state index in [9.17, 15) is 4.79 Å². The van der Waals surface area contributed by atoms with Gasteiger partial charge in [-0.3, -0.25) is 0 Å². The Bertz CT molecular complexity index is 899. The number of carboxylic acids is 1. The molecule has 0 amide bonds. The van der Waals surface area contributed by atoms with Crippen molar-refractivity contribution in [3.05, 3.63) is 101 Å². The predicted molar refractivity (Wildman–Crippen MR) is 104 cm³/mol. The van der Waals surface area contributed by atoms with Crippen LogP contribution in [0.1, 0.15) is 39.5 Å². The van der Waals surface area contributed by atoms with Crippen LogP contribution < -0.4 is 17.0 Å². The van der Waals surface area contributed by atoms with Crippen LogP contribution in [0.3, 0.4) is 0 Å². The van der Waals surface area contributed by atoms with E-state index in [0.717, 1.165) is 17.5 Å². The highest BCUT2D eigenvalue weighted by Crippen LogP contribution is 2.10. The minimum absolute atomic E-state index is 0. The van der Waals surface area contributed by atoms with Gasteiger partial charge in [-0.1, -0.05) is 55.5 Å². The molecule has 2 aromatic carbocycles. The molecule has 0 saturated carbocycles. The van der Waals surface area contributed by atoms with Gasteiger partial charge in [-0.05, 0) is 35.2 Å². The summed E-state index contributed by atoms with van der Waals surface area (Å²) in [7, 11) is 0. The van der Waals surface area contributed by atoms with Crippen molar-refractivity contribution in [3.63, 3.8) is 0 Å². The number of hydrogen-bond donors (Lipinski definition) is 1. The fourth-order valence-corrected chi connectivity index (χ4v) is 2.71. The first-order chi connectivity index (χ1) is 12.6. The molecule has 0 spiro atoms. The molecule has 0 atom stereocenters. The standard InChI is InChI=1S/C23H21NO2.ClH/c1-2-18-3-5-19(6-4-18)7-8-20-13-15-24(16-14-20)17-21-9-11-22(12-10-21)23(25)26;/h3-16H,2,17H2,1H3;1H/b8-7-;. The molecule has 1 aromatic heterocycles. The summed E-state index contributed by atoms with van der Waals surface area (Å²) in [5.74, 6) is -0.898. The zero-order chi connectivity index (χ0) is 18.4. The third kappa shape index (κ3) is 5.80. The smallest absolute Gasteiger partial charge is 0.335 e. The Kier molecular flexibility index (Phi) is 7.33. The minimum atomic E-state index is -0.898. The molecular formula is C23H22ClNO2. The summed E-state index contributed by atoms with van der Waals surface area (Å²) in [5, 5.41) is 8.94. The van der Waals surface area contributed by atoms with Crippen LogP contribution in [-0.2, 0) is 13.0 Å². The number of nitrogens with zero attached hydrogens (tertiary/aromatic N) is 1. The number of carboxylic acid groups (broad SMARTS) is 1. The van der Waals surface area contributed by atoms with Crippen molar-refractivity contribution in [2.45, 2.75) is 19.9 Å². The van der Waals surface area contributed by atoms with Crippen LogP contribution in [0.15, 0.2) is 73.1 Å². The van der Waals surface area contributed by atoms with Crippen molar-refractivity contribution in [2.24, 2.45) is 0 Å². The SMILES string of the molecule is CCc1ccc(/C=C\c2cc[n+](Cc3ccc(C(=O)O)cc3)cc2)cc1.[Cl-]. The Hall–Kier alpha value is -2.91. The lowest BCUT2D eigenvalue weighted by Gasteiger charge is -2.00. The Morgan fingerprint density at radius 1 is 0.852 bits per heavy atom. The maximum absolute atomic E-state index is 10.9. The number of hydrogen-bond acceptors (Lipinski definition) is 1. The van der Waals surface area contributed by atoms with Crippen LogP contribution in [0.5, 0.6) is 0 Å². The molecule has 4 heteroatoms. The van der Waals surface area contributed by atoms with E-state index in [0.29, 0.717) is 12.1 Å². The van der Waals surface area contributed by atoms with Gasteiger partial charge in [0.25, 0.3) is 0 Å². The number of aromatic nitrogens is 1. The van der Waals surface area contributed by atoms with E-state index in [1.54, 1.807) is 12.1 Å². The largest absolute Gasteiger partial charge is 1.00 e. The van der Waals surface area contributed by atoms with Crippen molar-refractivity contribution in [1.29, 1.82) is 0 Å². The molecule has 3 rings (SSSR count). The summed E-state index contributed by atoms with van der Waals surface area (Å²) in [6.07, 6.45) is 9.34. The summed E-state index contributed by atoms with van der Waals surface area (Å²) in [4.78, 5) is 10.9. The Morgan fingerprint density at radius 2 is 1.37 bits per heavy atom. The monoisotopic (exact) mass is 379 g/mol. The second-order valence-electron chi connectivity index (χ2n) is 6.23. The van der Waals surface area contributed by atoms with Crippen LogP contribution in [0, 0.1) is 0 Å². The quantitative estimate of drug-likeness (QED) is 0.659. The van der Waals surface area contributed by atoms with Crippen LogP contribution in [0.25, 0.3) is 12.2 Å². The fraction of sp³-hybridized carbons (Fsp3) is 0.130. The number of pyridine rings is 1. The first-order valence-electron chi connectivity index (χ1n) is 8.72. The maximum atomic E-state index is 10.9. The number of aromatic carboxylic acids is 1. The van der Waals surface area contributed by atoms with Gasteiger partial charge >= 0.3 is 5.97 Å². The lowest BCUT2D eigenvalue weighted by molar-refractivity contribution is -0.688. The molecule has 27 heavy (non-hydrogen) atoms. The van der Waals surface area contributed by atoms with Crippen molar-refractivity contribution in [2.75, 3.05) is 0 Å². The average Bonchev–Trinajstić information content (AvgIpc) is 2.68. The molecule has 0 unspecified atom stereocenters. The molecule has 1 heterocycles. The molecule has 0 radical (unpaired) electrons.